The quantitative estimate of drug-likeness (QED) is 0.0321. The van der Waals surface area contributed by atoms with Crippen molar-refractivity contribution in [2.24, 2.45) is 5.84 Å². The molecule has 0 radical (unpaired) electrons. The van der Waals surface area contributed by atoms with Crippen molar-refractivity contribution in [2.45, 2.75) is 72.1 Å². The van der Waals surface area contributed by atoms with Crippen molar-refractivity contribution in [3.05, 3.63) is 72.9 Å². The molecule has 0 atom stereocenters. The van der Waals surface area contributed by atoms with E-state index in [1.165, 1.54) is 7.11 Å². The normalized spacial score (nSPS) is 10.7. The van der Waals surface area contributed by atoms with Gasteiger partial charge in [0.15, 0.2) is 0 Å². The van der Waals surface area contributed by atoms with E-state index in [-0.39, 0.29) is 30.6 Å². The fourth-order valence-electron chi connectivity index (χ4n) is 2.41. The fraction of sp³-hybridized carbons (Fsp3) is 0.387. The number of amides is 5. The molecule has 0 aromatic carbocycles. The highest BCUT2D eigenvalue weighted by molar-refractivity contribution is 5.95. The number of rotatable bonds is 16. The Morgan fingerprint density at radius 1 is 0.565 bits per heavy atom. The van der Waals surface area contributed by atoms with Crippen LogP contribution in [0, 0.1) is 0 Å². The van der Waals surface area contributed by atoms with E-state index >= 15 is 0 Å². The van der Waals surface area contributed by atoms with Crippen LogP contribution in [0.2, 0.25) is 0 Å². The van der Waals surface area contributed by atoms with Gasteiger partial charge in [0.2, 0.25) is 29.5 Å². The number of hydrogen-bond acceptors (Lipinski definition) is 9. The number of hydrogen-bond donors (Lipinski definition) is 7. The summed E-state index contributed by atoms with van der Waals surface area (Å²) in [5.74, 6) is 0.791. The van der Waals surface area contributed by atoms with Gasteiger partial charge < -0.3 is 9.84 Å². The van der Waals surface area contributed by atoms with Crippen LogP contribution in [0.3, 0.4) is 0 Å². The summed E-state index contributed by atoms with van der Waals surface area (Å²) in [5, 5.41) is 8.28. The Kier molecular flexibility index (Phi) is 33.5. The second-order valence-electron chi connectivity index (χ2n) is 8.56. The third-order valence-corrected chi connectivity index (χ3v) is 4.62. The molecule has 0 aromatic rings. The Hall–Kier alpha value is -5.31. The first-order valence-corrected chi connectivity index (χ1v) is 14.2. The van der Waals surface area contributed by atoms with Crippen molar-refractivity contribution in [1.82, 2.24) is 27.1 Å². The van der Waals surface area contributed by atoms with E-state index in [0.717, 1.165) is 6.42 Å². The number of carbonyl (C=O) groups excluding carboxylic acids is 6. The molecule has 256 valence electrons. The summed E-state index contributed by atoms with van der Waals surface area (Å²) in [5.41, 5.74) is 10.5. The minimum absolute atomic E-state index is 0.130. The summed E-state index contributed by atoms with van der Waals surface area (Å²) in [4.78, 5) is 75.7. The van der Waals surface area contributed by atoms with E-state index < -0.39 is 36.6 Å². The molecule has 0 fully saturated rings. The van der Waals surface area contributed by atoms with E-state index in [0.29, 0.717) is 19.3 Å². The molecule has 0 bridgehead atoms. The van der Waals surface area contributed by atoms with Crippen LogP contribution in [0.4, 0.5) is 0 Å². The van der Waals surface area contributed by atoms with Crippen molar-refractivity contribution < 1.29 is 43.4 Å². The van der Waals surface area contributed by atoms with Crippen molar-refractivity contribution in [2.75, 3.05) is 7.11 Å². The number of hydrazine groups is 3. The molecular weight excluding hydrogens is 600 g/mol. The number of nitrogens with two attached hydrogens (primary N) is 1. The maximum atomic E-state index is 11.2. The zero-order valence-electron chi connectivity index (χ0n) is 26.9. The molecule has 0 saturated heterocycles. The summed E-state index contributed by atoms with van der Waals surface area (Å²) in [6, 6.07) is 0. The van der Waals surface area contributed by atoms with Gasteiger partial charge in [-0.3, -0.25) is 60.7 Å². The first-order valence-electron chi connectivity index (χ1n) is 14.2. The number of carboxylic acids is 1. The Balaban J connectivity index is -0.000000621. The van der Waals surface area contributed by atoms with E-state index in [1.807, 2.05) is 99.1 Å². The SMILES string of the molecule is C/C=C/C=C/CCC(=O)NN.C/C=C/C=C/CCC(=O)NNC(=O)CC(=O)O.C/C=C/C=C/CCC(=O)NNC(=O)CC(=O)OC. The molecule has 46 heavy (non-hydrogen) atoms. The van der Waals surface area contributed by atoms with Gasteiger partial charge in [0.1, 0.15) is 12.8 Å². The van der Waals surface area contributed by atoms with Gasteiger partial charge in [-0.15, -0.1) is 0 Å². The number of aliphatic carboxylic acids is 1. The van der Waals surface area contributed by atoms with Crippen LogP contribution >= 0.6 is 0 Å². The predicted octanol–water partition coefficient (Wildman–Crippen LogP) is 2.02. The maximum Gasteiger partial charge on any atom is 0.315 e. The Morgan fingerprint density at radius 2 is 0.913 bits per heavy atom. The molecule has 5 amide bonds. The first kappa shape index (κ1) is 45.1. The first-order chi connectivity index (χ1) is 22.0. The lowest BCUT2D eigenvalue weighted by atomic mass is 10.3. The zero-order chi connectivity index (χ0) is 35.4. The third-order valence-electron chi connectivity index (χ3n) is 4.62. The topological polar surface area (TPSA) is 235 Å². The summed E-state index contributed by atoms with van der Waals surface area (Å²) in [6.07, 6.45) is 24.1. The smallest absolute Gasteiger partial charge is 0.315 e. The van der Waals surface area contributed by atoms with Crippen LogP contribution in [0.15, 0.2) is 72.9 Å². The lowest BCUT2D eigenvalue weighted by Crippen LogP contribution is -2.42. The Bertz CT molecular complexity index is 1110. The molecule has 0 heterocycles. The zero-order valence-corrected chi connectivity index (χ0v) is 26.9. The molecule has 0 spiro atoms. The molecule has 0 aliphatic rings. The van der Waals surface area contributed by atoms with Crippen molar-refractivity contribution in [3.63, 3.8) is 0 Å². The van der Waals surface area contributed by atoms with E-state index in [9.17, 15) is 33.6 Å². The predicted molar refractivity (Wildman–Crippen MR) is 173 cm³/mol. The lowest BCUT2D eigenvalue weighted by Gasteiger charge is -2.05. The van der Waals surface area contributed by atoms with Crippen LogP contribution in [0.1, 0.15) is 72.1 Å². The average Bonchev–Trinajstić information content (AvgIpc) is 3.02. The van der Waals surface area contributed by atoms with Gasteiger partial charge >= 0.3 is 11.9 Å². The van der Waals surface area contributed by atoms with Crippen molar-refractivity contribution >= 4 is 41.5 Å². The fourth-order valence-corrected chi connectivity index (χ4v) is 2.41. The second kappa shape index (κ2) is 34.2. The standard InChI is InChI=1S/C12H18N2O4.C11H16N2O4.C8H14N2O/c1-3-4-5-6-7-8-10(15)13-14-11(16)9-12(17)18-2;1-2-3-4-5-6-7-9(14)12-13-10(15)8-11(16)17;1-2-3-4-5-6-7-8(11)10-9/h3-6H,7-9H2,1-2H3,(H,13,15)(H,14,16);2-5H,6-8H2,1H3,(H,12,14)(H,13,15)(H,16,17);2-5H,6-7,9H2,1H3,(H,10,11)/b4-3+,6-5+;2*3-2+,5-4+. The highest BCUT2D eigenvalue weighted by atomic mass is 16.5. The molecule has 15 heteroatoms. The number of nitrogens with one attached hydrogen (secondary N) is 5. The van der Waals surface area contributed by atoms with Crippen molar-refractivity contribution in [3.8, 4) is 0 Å². The van der Waals surface area contributed by atoms with Gasteiger partial charge in [-0.05, 0) is 40.0 Å². The number of methoxy groups -OCH3 is 1. The molecule has 0 aromatic heterocycles. The van der Waals surface area contributed by atoms with E-state index in [2.05, 4.69) is 26.4 Å². The number of allylic oxidation sites excluding steroid dienone is 12. The molecule has 0 unspecified atom stereocenters. The van der Waals surface area contributed by atoms with Crippen molar-refractivity contribution in [1.29, 1.82) is 0 Å². The van der Waals surface area contributed by atoms with Gasteiger partial charge in [-0.2, -0.15) is 0 Å². The lowest BCUT2D eigenvalue weighted by molar-refractivity contribution is -0.145. The minimum Gasteiger partial charge on any atom is -0.481 e. The van der Waals surface area contributed by atoms with Crippen LogP contribution in [0.5, 0.6) is 0 Å². The molecule has 0 saturated carbocycles. The maximum absolute atomic E-state index is 11.2. The highest BCUT2D eigenvalue weighted by Crippen LogP contribution is 1.93. The summed E-state index contributed by atoms with van der Waals surface area (Å²) < 4.78 is 4.30. The molecular formula is C31H48N6O9. The largest absolute Gasteiger partial charge is 0.481 e. The monoisotopic (exact) mass is 648 g/mol. The minimum atomic E-state index is -1.24. The van der Waals surface area contributed by atoms with Crippen LogP contribution in [-0.2, 0) is 38.3 Å². The Labute approximate surface area is 270 Å². The number of ether oxygens (including phenoxy) is 1. The van der Waals surface area contributed by atoms with Gasteiger partial charge in [0.05, 0.1) is 7.11 Å². The summed E-state index contributed by atoms with van der Waals surface area (Å²) in [6.45, 7) is 5.72. The van der Waals surface area contributed by atoms with Gasteiger partial charge in [0, 0.05) is 19.3 Å². The molecule has 0 aliphatic carbocycles. The summed E-state index contributed by atoms with van der Waals surface area (Å²) in [7, 11) is 1.19. The number of carbonyl (C=O) groups is 7. The summed E-state index contributed by atoms with van der Waals surface area (Å²) >= 11 is 0. The molecule has 15 nitrogen and oxygen atoms in total. The molecule has 0 rings (SSSR count). The van der Waals surface area contributed by atoms with Gasteiger partial charge in [-0.1, -0.05) is 72.9 Å². The second-order valence-corrected chi connectivity index (χ2v) is 8.56. The van der Waals surface area contributed by atoms with Crippen LogP contribution in [-0.4, -0.2) is 53.7 Å². The van der Waals surface area contributed by atoms with Gasteiger partial charge in [0.25, 0.3) is 0 Å². The highest BCUT2D eigenvalue weighted by Gasteiger charge is 2.10. The van der Waals surface area contributed by atoms with E-state index in [4.69, 9.17) is 10.9 Å². The van der Waals surface area contributed by atoms with Crippen LogP contribution in [0.25, 0.3) is 0 Å². The van der Waals surface area contributed by atoms with E-state index in [1.54, 1.807) is 0 Å². The Morgan fingerprint density at radius 3 is 1.24 bits per heavy atom. The number of esters is 1. The number of carboxylic acid groups (broad SMARTS) is 1. The average molecular weight is 649 g/mol. The molecule has 8 N–H and O–H groups in total. The van der Waals surface area contributed by atoms with Crippen LogP contribution < -0.4 is 33.0 Å². The third kappa shape index (κ3) is 38.7. The van der Waals surface area contributed by atoms with Gasteiger partial charge in [-0.25, -0.2) is 5.84 Å². The molecule has 0 aliphatic heterocycles.